The van der Waals surface area contributed by atoms with Crippen LogP contribution in [0.15, 0.2) is 18.3 Å². The lowest BCUT2D eigenvalue weighted by molar-refractivity contribution is 0.592. The molecule has 0 saturated carbocycles. The van der Waals surface area contributed by atoms with Gasteiger partial charge in [-0.1, -0.05) is 32.5 Å². The lowest BCUT2D eigenvalue weighted by Crippen LogP contribution is -2.17. The molecule has 4 heteroatoms. The summed E-state index contributed by atoms with van der Waals surface area (Å²) in [6.07, 6.45) is 2.88. The number of rotatable bonds is 5. The highest BCUT2D eigenvalue weighted by Crippen LogP contribution is 2.12. The van der Waals surface area contributed by atoms with E-state index in [1.165, 1.54) is 0 Å². The summed E-state index contributed by atoms with van der Waals surface area (Å²) in [6, 6.07) is 3.72. The van der Waals surface area contributed by atoms with E-state index in [0.717, 1.165) is 24.3 Å². The second-order valence-electron chi connectivity index (χ2n) is 3.66. The normalized spacial score (nSPS) is 12.1. The van der Waals surface area contributed by atoms with E-state index in [2.05, 4.69) is 24.1 Å². The van der Waals surface area contributed by atoms with Crippen LogP contribution in [-0.4, -0.2) is 16.5 Å². The molecule has 0 aromatic carbocycles. The van der Waals surface area contributed by atoms with E-state index in [0.29, 0.717) is 10.9 Å². The third-order valence-electron chi connectivity index (χ3n) is 2.39. The predicted molar refractivity (Wildman–Crippen MR) is 68.1 cm³/mol. The molecule has 15 heavy (non-hydrogen) atoms. The van der Waals surface area contributed by atoms with Crippen molar-refractivity contribution in [3.8, 4) is 0 Å². The fourth-order valence-corrected chi connectivity index (χ4v) is 1.32. The number of nitrogens with zero attached hydrogens (tertiary/aromatic N) is 1. The van der Waals surface area contributed by atoms with Crippen LogP contribution in [0.5, 0.6) is 0 Å². The largest absolute Gasteiger partial charge is 0.389 e. The molecule has 0 bridgehead atoms. The average molecular weight is 223 g/mol. The summed E-state index contributed by atoms with van der Waals surface area (Å²) in [5.74, 6) is 1.40. The molecule has 3 nitrogen and oxygen atoms in total. The molecule has 0 aliphatic heterocycles. The van der Waals surface area contributed by atoms with Crippen molar-refractivity contribution in [1.29, 1.82) is 0 Å². The molecule has 0 spiro atoms. The smallest absolute Gasteiger partial charge is 0.136 e. The number of thiocarbonyl (C=S) groups is 1. The lowest BCUT2D eigenvalue weighted by atomic mass is 10.1. The van der Waals surface area contributed by atoms with Gasteiger partial charge >= 0.3 is 0 Å². The van der Waals surface area contributed by atoms with E-state index in [9.17, 15) is 0 Å². The van der Waals surface area contributed by atoms with Crippen molar-refractivity contribution in [3.63, 3.8) is 0 Å². The molecule has 82 valence electrons. The third-order valence-corrected chi connectivity index (χ3v) is 2.61. The highest BCUT2D eigenvalue weighted by Gasteiger charge is 2.06. The SMILES string of the molecule is CCC(C)CNc1ncccc1C(N)=S. The molecular weight excluding hydrogens is 206 g/mol. The fourth-order valence-electron chi connectivity index (χ4n) is 1.16. The molecule has 0 amide bonds. The molecule has 0 aliphatic carbocycles. The van der Waals surface area contributed by atoms with Gasteiger partial charge in [0.1, 0.15) is 10.8 Å². The van der Waals surface area contributed by atoms with Gasteiger partial charge in [-0.3, -0.25) is 0 Å². The summed E-state index contributed by atoms with van der Waals surface area (Å²) in [7, 11) is 0. The van der Waals surface area contributed by atoms with Crippen LogP contribution in [0.25, 0.3) is 0 Å². The number of nitrogens with two attached hydrogens (primary N) is 1. The Labute approximate surface area is 96.1 Å². The van der Waals surface area contributed by atoms with Crippen molar-refractivity contribution in [3.05, 3.63) is 23.9 Å². The monoisotopic (exact) mass is 223 g/mol. The summed E-state index contributed by atoms with van der Waals surface area (Å²) < 4.78 is 0. The number of hydrogen-bond donors (Lipinski definition) is 2. The van der Waals surface area contributed by atoms with Crippen LogP contribution in [0.2, 0.25) is 0 Å². The zero-order valence-corrected chi connectivity index (χ0v) is 9.97. The molecule has 1 aromatic heterocycles. The Morgan fingerprint density at radius 1 is 1.67 bits per heavy atom. The zero-order chi connectivity index (χ0) is 11.3. The first-order valence-electron chi connectivity index (χ1n) is 5.13. The zero-order valence-electron chi connectivity index (χ0n) is 9.16. The summed E-state index contributed by atoms with van der Waals surface area (Å²) in [5, 5.41) is 3.27. The number of anilines is 1. The van der Waals surface area contributed by atoms with Crippen LogP contribution in [0, 0.1) is 5.92 Å². The Balaban J connectivity index is 2.72. The van der Waals surface area contributed by atoms with Crippen LogP contribution in [0.1, 0.15) is 25.8 Å². The van der Waals surface area contributed by atoms with E-state index in [4.69, 9.17) is 18.0 Å². The summed E-state index contributed by atoms with van der Waals surface area (Å²) in [6.45, 7) is 5.25. The van der Waals surface area contributed by atoms with E-state index >= 15 is 0 Å². The van der Waals surface area contributed by atoms with Crippen molar-refractivity contribution < 1.29 is 0 Å². The summed E-state index contributed by atoms with van der Waals surface area (Å²) >= 11 is 4.96. The number of aromatic nitrogens is 1. The maximum Gasteiger partial charge on any atom is 0.136 e. The van der Waals surface area contributed by atoms with E-state index in [1.807, 2.05) is 12.1 Å². The van der Waals surface area contributed by atoms with Gasteiger partial charge in [0.15, 0.2) is 0 Å². The van der Waals surface area contributed by atoms with Gasteiger partial charge in [0.05, 0.1) is 5.56 Å². The molecule has 3 N–H and O–H groups in total. The van der Waals surface area contributed by atoms with Gasteiger partial charge < -0.3 is 11.1 Å². The van der Waals surface area contributed by atoms with Crippen molar-refractivity contribution in [1.82, 2.24) is 4.98 Å². The fraction of sp³-hybridized carbons (Fsp3) is 0.455. The molecule has 1 unspecified atom stereocenters. The standard InChI is InChI=1S/C11H17N3S/c1-3-8(2)7-14-11-9(10(12)15)5-4-6-13-11/h4-6,8H,3,7H2,1-2H3,(H2,12,15)(H,13,14). The van der Waals surface area contributed by atoms with Crippen LogP contribution in [0.4, 0.5) is 5.82 Å². The number of pyridine rings is 1. The Morgan fingerprint density at radius 3 is 3.00 bits per heavy atom. The maximum absolute atomic E-state index is 5.60. The molecule has 1 atom stereocenters. The molecule has 1 aromatic rings. The second-order valence-corrected chi connectivity index (χ2v) is 4.10. The van der Waals surface area contributed by atoms with E-state index < -0.39 is 0 Å². The van der Waals surface area contributed by atoms with Crippen molar-refractivity contribution in [2.75, 3.05) is 11.9 Å². The Kier molecular flexibility index (Phi) is 4.49. The Hall–Kier alpha value is -1.16. The lowest BCUT2D eigenvalue weighted by Gasteiger charge is -2.13. The van der Waals surface area contributed by atoms with Crippen LogP contribution >= 0.6 is 12.2 Å². The number of hydrogen-bond acceptors (Lipinski definition) is 3. The van der Waals surface area contributed by atoms with E-state index in [1.54, 1.807) is 6.20 Å². The molecule has 0 aliphatic rings. The molecule has 0 saturated heterocycles. The highest BCUT2D eigenvalue weighted by atomic mass is 32.1. The first-order chi connectivity index (χ1) is 7.15. The van der Waals surface area contributed by atoms with Gasteiger partial charge in [-0.05, 0) is 18.1 Å². The topological polar surface area (TPSA) is 50.9 Å². The maximum atomic E-state index is 5.60. The minimum atomic E-state index is 0.384. The Bertz CT molecular complexity index is 338. The molecule has 0 fully saturated rings. The summed E-state index contributed by atoms with van der Waals surface area (Å²) in [4.78, 5) is 4.61. The van der Waals surface area contributed by atoms with Gasteiger partial charge in [-0.2, -0.15) is 0 Å². The van der Waals surface area contributed by atoms with Crippen molar-refractivity contribution >= 4 is 23.0 Å². The van der Waals surface area contributed by atoms with Gasteiger partial charge in [-0.25, -0.2) is 4.98 Å². The highest BCUT2D eigenvalue weighted by molar-refractivity contribution is 7.80. The minimum absolute atomic E-state index is 0.384. The first-order valence-corrected chi connectivity index (χ1v) is 5.54. The van der Waals surface area contributed by atoms with Crippen LogP contribution in [-0.2, 0) is 0 Å². The van der Waals surface area contributed by atoms with Gasteiger partial charge in [0.25, 0.3) is 0 Å². The van der Waals surface area contributed by atoms with Crippen LogP contribution in [0.3, 0.4) is 0 Å². The van der Waals surface area contributed by atoms with Gasteiger partial charge in [0, 0.05) is 12.7 Å². The molecule has 0 radical (unpaired) electrons. The van der Waals surface area contributed by atoms with E-state index in [-0.39, 0.29) is 0 Å². The molecular formula is C11H17N3S. The molecule has 1 rings (SSSR count). The van der Waals surface area contributed by atoms with Gasteiger partial charge in [0.2, 0.25) is 0 Å². The number of nitrogens with one attached hydrogen (secondary N) is 1. The average Bonchev–Trinajstić information content (AvgIpc) is 2.26. The quantitative estimate of drug-likeness (QED) is 0.751. The van der Waals surface area contributed by atoms with Gasteiger partial charge in [-0.15, -0.1) is 0 Å². The first kappa shape index (κ1) is 11.9. The predicted octanol–water partition coefficient (Wildman–Crippen LogP) is 2.17. The summed E-state index contributed by atoms with van der Waals surface area (Å²) in [5.41, 5.74) is 6.42. The van der Waals surface area contributed by atoms with Crippen molar-refractivity contribution in [2.24, 2.45) is 11.7 Å². The minimum Gasteiger partial charge on any atom is -0.389 e. The Morgan fingerprint density at radius 2 is 2.40 bits per heavy atom. The van der Waals surface area contributed by atoms with Crippen molar-refractivity contribution in [2.45, 2.75) is 20.3 Å². The second kappa shape index (κ2) is 5.66. The van der Waals surface area contributed by atoms with Crippen LogP contribution < -0.4 is 11.1 Å². The third kappa shape index (κ3) is 3.47. The molecule has 1 heterocycles.